The molecule has 1 fully saturated rings. The van der Waals surface area contributed by atoms with E-state index < -0.39 is 0 Å². The molecular formula is C22H25IN4O3. The molecule has 0 N–H and O–H groups in total. The third-order valence-electron chi connectivity index (χ3n) is 5.60. The number of pyridine rings is 2. The Hall–Kier alpha value is -2.17. The first-order valence-corrected chi connectivity index (χ1v) is 10.8. The predicted molar refractivity (Wildman–Crippen MR) is 126 cm³/mol. The summed E-state index contributed by atoms with van der Waals surface area (Å²) in [5.41, 5.74) is 2.86. The number of piperazine rings is 1. The van der Waals surface area contributed by atoms with Gasteiger partial charge in [0.1, 0.15) is 11.5 Å². The van der Waals surface area contributed by atoms with Crippen LogP contribution in [0.3, 0.4) is 0 Å². The van der Waals surface area contributed by atoms with E-state index in [-0.39, 0.29) is 5.56 Å². The van der Waals surface area contributed by atoms with E-state index in [2.05, 4.69) is 35.9 Å². The third-order valence-corrected chi connectivity index (χ3v) is 6.57. The average molecular weight is 520 g/mol. The van der Waals surface area contributed by atoms with E-state index in [9.17, 15) is 4.79 Å². The van der Waals surface area contributed by atoms with Crippen molar-refractivity contribution < 1.29 is 9.47 Å². The van der Waals surface area contributed by atoms with Gasteiger partial charge in [0.05, 0.1) is 25.2 Å². The molecule has 0 aliphatic carbocycles. The SMILES string of the molecule is COc1cc(-c2cn(C)c(=O)c3cnccc23)cc(OC)c1CN1CCN(I)CC1. The first-order valence-electron chi connectivity index (χ1n) is 9.83. The van der Waals surface area contributed by atoms with Gasteiger partial charge in [-0.05, 0) is 29.1 Å². The molecule has 158 valence electrons. The first-order chi connectivity index (χ1) is 14.5. The molecule has 30 heavy (non-hydrogen) atoms. The van der Waals surface area contributed by atoms with Gasteiger partial charge in [-0.25, -0.2) is 3.11 Å². The molecule has 3 aromatic rings. The molecule has 2 aromatic heterocycles. The lowest BCUT2D eigenvalue weighted by atomic mass is 9.99. The van der Waals surface area contributed by atoms with Crippen molar-refractivity contribution in [2.45, 2.75) is 6.54 Å². The molecule has 1 aliphatic heterocycles. The Bertz CT molecular complexity index is 1100. The van der Waals surface area contributed by atoms with Crippen molar-refractivity contribution in [3.8, 4) is 22.6 Å². The summed E-state index contributed by atoms with van der Waals surface area (Å²) in [7, 11) is 5.13. The minimum absolute atomic E-state index is 0.0631. The van der Waals surface area contributed by atoms with Crippen LogP contribution in [-0.2, 0) is 13.6 Å². The maximum atomic E-state index is 12.5. The van der Waals surface area contributed by atoms with Gasteiger partial charge < -0.3 is 14.0 Å². The number of benzene rings is 1. The highest BCUT2D eigenvalue weighted by Crippen LogP contribution is 2.37. The van der Waals surface area contributed by atoms with Gasteiger partial charge in [-0.2, -0.15) is 0 Å². The minimum Gasteiger partial charge on any atom is -0.496 e. The quantitative estimate of drug-likeness (QED) is 0.381. The number of hydrogen-bond donors (Lipinski definition) is 0. The number of ether oxygens (including phenoxy) is 2. The molecule has 0 unspecified atom stereocenters. The molecule has 0 bridgehead atoms. The van der Waals surface area contributed by atoms with Gasteiger partial charge in [0.25, 0.3) is 5.56 Å². The van der Waals surface area contributed by atoms with Gasteiger partial charge in [0.15, 0.2) is 0 Å². The molecule has 7 nitrogen and oxygen atoms in total. The highest BCUT2D eigenvalue weighted by molar-refractivity contribution is 14.1. The number of aryl methyl sites for hydroxylation is 1. The van der Waals surface area contributed by atoms with E-state index >= 15 is 0 Å². The fourth-order valence-corrected chi connectivity index (χ4v) is 4.37. The molecule has 1 aromatic carbocycles. The zero-order chi connectivity index (χ0) is 21.3. The lowest BCUT2D eigenvalue weighted by Crippen LogP contribution is -2.41. The topological polar surface area (TPSA) is 59.8 Å². The van der Waals surface area contributed by atoms with Crippen LogP contribution in [0.2, 0.25) is 0 Å². The van der Waals surface area contributed by atoms with Gasteiger partial charge in [0.2, 0.25) is 0 Å². The Balaban J connectivity index is 1.81. The van der Waals surface area contributed by atoms with Gasteiger partial charge in [-0.1, -0.05) is 0 Å². The largest absolute Gasteiger partial charge is 0.496 e. The summed E-state index contributed by atoms with van der Waals surface area (Å²) in [6.45, 7) is 4.88. The van der Waals surface area contributed by atoms with Crippen molar-refractivity contribution in [3.63, 3.8) is 0 Å². The van der Waals surface area contributed by atoms with E-state index in [0.717, 1.165) is 66.3 Å². The first kappa shape index (κ1) is 21.1. The Morgan fingerprint density at radius 2 is 1.73 bits per heavy atom. The van der Waals surface area contributed by atoms with Crippen molar-refractivity contribution in [2.24, 2.45) is 7.05 Å². The molecule has 3 heterocycles. The Morgan fingerprint density at radius 3 is 2.37 bits per heavy atom. The minimum atomic E-state index is -0.0631. The third kappa shape index (κ3) is 4.03. The van der Waals surface area contributed by atoms with Gasteiger partial charge in [-0.15, -0.1) is 0 Å². The highest BCUT2D eigenvalue weighted by atomic mass is 127. The fourth-order valence-electron chi connectivity index (χ4n) is 3.94. The molecule has 0 amide bonds. The summed E-state index contributed by atoms with van der Waals surface area (Å²) in [6, 6.07) is 5.95. The molecule has 4 rings (SSSR count). The van der Waals surface area contributed by atoms with Crippen LogP contribution in [-0.4, -0.2) is 58.0 Å². The summed E-state index contributed by atoms with van der Waals surface area (Å²) in [5.74, 6) is 1.58. The second-order valence-electron chi connectivity index (χ2n) is 7.43. The number of nitrogens with zero attached hydrogens (tertiary/aromatic N) is 4. The normalized spacial score (nSPS) is 15.5. The van der Waals surface area contributed by atoms with Gasteiger partial charge in [-0.3, -0.25) is 14.7 Å². The van der Waals surface area contributed by atoms with Gasteiger partial charge >= 0.3 is 0 Å². The van der Waals surface area contributed by atoms with Crippen LogP contribution < -0.4 is 15.0 Å². The number of halogens is 1. The lowest BCUT2D eigenvalue weighted by Gasteiger charge is -2.32. The van der Waals surface area contributed by atoms with Crippen LogP contribution in [0.25, 0.3) is 21.9 Å². The molecular weight excluding hydrogens is 495 g/mol. The van der Waals surface area contributed by atoms with Crippen molar-refractivity contribution in [1.29, 1.82) is 0 Å². The molecule has 0 atom stereocenters. The van der Waals surface area contributed by atoms with Gasteiger partial charge in [0, 0.05) is 86.8 Å². The van der Waals surface area contributed by atoms with Crippen molar-refractivity contribution in [1.82, 2.24) is 17.6 Å². The van der Waals surface area contributed by atoms with Crippen LogP contribution >= 0.6 is 22.9 Å². The number of rotatable bonds is 5. The number of fused-ring (bicyclic) bond motifs is 1. The molecule has 0 radical (unpaired) electrons. The van der Waals surface area contributed by atoms with E-state index in [4.69, 9.17) is 9.47 Å². The molecule has 8 heteroatoms. The van der Waals surface area contributed by atoms with Crippen LogP contribution in [0, 0.1) is 0 Å². The molecule has 0 spiro atoms. The average Bonchev–Trinajstić information content (AvgIpc) is 2.77. The molecule has 0 saturated carbocycles. The van der Waals surface area contributed by atoms with E-state index in [1.807, 2.05) is 24.4 Å². The summed E-state index contributed by atoms with van der Waals surface area (Å²) < 4.78 is 15.5. The van der Waals surface area contributed by atoms with E-state index in [1.54, 1.807) is 38.2 Å². The fraction of sp³-hybridized carbons (Fsp3) is 0.364. The maximum absolute atomic E-state index is 12.5. The lowest BCUT2D eigenvalue weighted by molar-refractivity contribution is 0.194. The number of hydrogen-bond acceptors (Lipinski definition) is 6. The van der Waals surface area contributed by atoms with E-state index in [0.29, 0.717) is 5.39 Å². The second kappa shape index (κ2) is 8.91. The van der Waals surface area contributed by atoms with Crippen molar-refractivity contribution >= 4 is 33.6 Å². The van der Waals surface area contributed by atoms with Crippen LogP contribution in [0.15, 0.2) is 41.6 Å². The summed E-state index contributed by atoms with van der Waals surface area (Å²) >= 11 is 2.38. The zero-order valence-electron chi connectivity index (χ0n) is 17.4. The highest BCUT2D eigenvalue weighted by Gasteiger charge is 2.21. The maximum Gasteiger partial charge on any atom is 0.259 e. The Kier molecular flexibility index (Phi) is 6.26. The Labute approximate surface area is 189 Å². The summed E-state index contributed by atoms with van der Waals surface area (Å²) in [6.07, 6.45) is 5.19. The standard InChI is InChI=1S/C22H25IN4O3/c1-25-13-18(16-4-5-24-12-17(16)22(25)28)15-10-20(29-2)19(21(11-15)30-3)14-26-6-8-27(23)9-7-26/h4-5,10-13H,6-9,14H2,1-3H3. The van der Waals surface area contributed by atoms with Crippen molar-refractivity contribution in [2.75, 3.05) is 40.4 Å². The van der Waals surface area contributed by atoms with Crippen LogP contribution in [0.1, 0.15) is 5.56 Å². The number of methoxy groups -OCH3 is 2. The monoisotopic (exact) mass is 520 g/mol. The summed E-state index contributed by atoms with van der Waals surface area (Å²) in [5, 5.41) is 1.46. The van der Waals surface area contributed by atoms with Crippen molar-refractivity contribution in [3.05, 3.63) is 52.7 Å². The molecule has 1 saturated heterocycles. The van der Waals surface area contributed by atoms with E-state index in [1.165, 1.54) is 0 Å². The Morgan fingerprint density at radius 1 is 1.07 bits per heavy atom. The summed E-state index contributed by atoms with van der Waals surface area (Å²) in [4.78, 5) is 19.1. The second-order valence-corrected chi connectivity index (χ2v) is 8.79. The van der Waals surface area contributed by atoms with Crippen LogP contribution in [0.4, 0.5) is 0 Å². The predicted octanol–water partition coefficient (Wildman–Crippen LogP) is 3.09. The smallest absolute Gasteiger partial charge is 0.259 e. The zero-order valence-corrected chi connectivity index (χ0v) is 19.5. The number of aromatic nitrogens is 2. The molecule has 1 aliphatic rings. The van der Waals surface area contributed by atoms with Crippen LogP contribution in [0.5, 0.6) is 11.5 Å².